The average molecular weight is 486 g/mol. The van der Waals surface area contributed by atoms with E-state index in [0.29, 0.717) is 27.8 Å². The molecular formula is C23H20ClN3O5S. The highest BCUT2D eigenvalue weighted by Gasteiger charge is 2.18. The summed E-state index contributed by atoms with van der Waals surface area (Å²) in [6.45, 7) is 0.320. The van der Waals surface area contributed by atoms with E-state index in [2.05, 4.69) is 10.5 Å². The van der Waals surface area contributed by atoms with Crippen LogP contribution in [0.4, 0.5) is 5.69 Å². The molecule has 0 aromatic heterocycles. The van der Waals surface area contributed by atoms with Crippen LogP contribution in [0.1, 0.15) is 21.5 Å². The third-order valence-electron chi connectivity index (χ3n) is 4.83. The summed E-state index contributed by atoms with van der Waals surface area (Å²) in [4.78, 5) is 12.4. The zero-order chi connectivity index (χ0) is 23.4. The monoisotopic (exact) mass is 485 g/mol. The zero-order valence-corrected chi connectivity index (χ0v) is 19.1. The number of fused-ring (bicyclic) bond motifs is 1. The largest absolute Gasteiger partial charge is 0.454 e. The van der Waals surface area contributed by atoms with E-state index in [1.54, 1.807) is 66.7 Å². The molecule has 1 aliphatic heterocycles. The van der Waals surface area contributed by atoms with Gasteiger partial charge in [0, 0.05) is 10.6 Å². The Balaban J connectivity index is 1.43. The first kappa shape index (κ1) is 22.6. The number of rotatable bonds is 7. The Morgan fingerprint density at radius 2 is 1.76 bits per heavy atom. The van der Waals surface area contributed by atoms with Crippen LogP contribution in [0.15, 0.2) is 71.8 Å². The molecule has 33 heavy (non-hydrogen) atoms. The lowest BCUT2D eigenvalue weighted by molar-refractivity contribution is 0.0955. The topological polar surface area (TPSA) is 97.3 Å². The smallest absolute Gasteiger partial charge is 0.271 e. The average Bonchev–Trinajstić information content (AvgIpc) is 3.26. The van der Waals surface area contributed by atoms with E-state index in [1.807, 2.05) is 0 Å². The number of nitrogens with zero attached hydrogens (tertiary/aromatic N) is 2. The molecule has 170 valence electrons. The van der Waals surface area contributed by atoms with Gasteiger partial charge in [-0.05, 0) is 65.7 Å². The van der Waals surface area contributed by atoms with E-state index in [4.69, 9.17) is 21.1 Å². The third kappa shape index (κ3) is 5.63. The Morgan fingerprint density at radius 3 is 2.45 bits per heavy atom. The van der Waals surface area contributed by atoms with E-state index >= 15 is 0 Å². The van der Waals surface area contributed by atoms with Crippen molar-refractivity contribution in [2.24, 2.45) is 5.10 Å². The summed E-state index contributed by atoms with van der Waals surface area (Å²) >= 11 is 5.91. The van der Waals surface area contributed by atoms with Crippen molar-refractivity contribution in [2.45, 2.75) is 6.54 Å². The maximum absolute atomic E-state index is 12.4. The SMILES string of the molecule is CS(=O)(=O)N(Cc1ccc(Cl)cc1)c1ccc(C(=O)N/N=C/c2ccc3c(c2)OCO3)cc1. The maximum atomic E-state index is 12.4. The van der Waals surface area contributed by atoms with Crippen molar-refractivity contribution in [3.8, 4) is 11.5 Å². The number of carbonyl (C=O) groups is 1. The Morgan fingerprint density at radius 1 is 1.06 bits per heavy atom. The second kappa shape index (κ2) is 9.51. The molecule has 1 heterocycles. The number of benzene rings is 3. The van der Waals surface area contributed by atoms with Crippen LogP contribution in [-0.2, 0) is 16.6 Å². The van der Waals surface area contributed by atoms with Gasteiger partial charge in [0.1, 0.15) is 0 Å². The lowest BCUT2D eigenvalue weighted by atomic mass is 10.2. The maximum Gasteiger partial charge on any atom is 0.271 e. The lowest BCUT2D eigenvalue weighted by Gasteiger charge is -2.22. The van der Waals surface area contributed by atoms with Gasteiger partial charge < -0.3 is 9.47 Å². The van der Waals surface area contributed by atoms with Gasteiger partial charge in [-0.15, -0.1) is 0 Å². The molecule has 0 unspecified atom stereocenters. The summed E-state index contributed by atoms with van der Waals surface area (Å²) in [5, 5.41) is 4.54. The second-order valence-corrected chi connectivity index (χ2v) is 9.60. The summed E-state index contributed by atoms with van der Waals surface area (Å²) in [6, 6.07) is 18.5. The number of hydrazone groups is 1. The third-order valence-corrected chi connectivity index (χ3v) is 6.23. The highest BCUT2D eigenvalue weighted by Crippen LogP contribution is 2.32. The number of carbonyl (C=O) groups excluding carboxylic acids is 1. The van der Waals surface area contributed by atoms with Gasteiger partial charge in [-0.25, -0.2) is 13.8 Å². The number of anilines is 1. The minimum Gasteiger partial charge on any atom is -0.454 e. The molecule has 3 aromatic rings. The number of sulfonamides is 1. The van der Waals surface area contributed by atoms with Crippen LogP contribution in [0.3, 0.4) is 0 Å². The zero-order valence-electron chi connectivity index (χ0n) is 17.6. The van der Waals surface area contributed by atoms with Crippen LogP contribution in [0.25, 0.3) is 0 Å². The first-order valence-corrected chi connectivity index (χ1v) is 12.1. The van der Waals surface area contributed by atoms with E-state index in [9.17, 15) is 13.2 Å². The lowest BCUT2D eigenvalue weighted by Crippen LogP contribution is -2.29. The fourth-order valence-corrected chi connectivity index (χ4v) is 4.17. The van der Waals surface area contributed by atoms with Gasteiger partial charge in [0.25, 0.3) is 5.91 Å². The van der Waals surface area contributed by atoms with Crippen LogP contribution >= 0.6 is 11.6 Å². The van der Waals surface area contributed by atoms with Gasteiger partial charge in [-0.3, -0.25) is 9.10 Å². The van der Waals surface area contributed by atoms with Crippen molar-refractivity contribution in [1.29, 1.82) is 0 Å². The Hall–Kier alpha value is -3.56. The quantitative estimate of drug-likeness (QED) is 0.405. The molecule has 1 amide bonds. The second-order valence-electron chi connectivity index (χ2n) is 7.25. The van der Waals surface area contributed by atoms with E-state index < -0.39 is 15.9 Å². The molecule has 3 aromatic carbocycles. The molecule has 0 radical (unpaired) electrons. The highest BCUT2D eigenvalue weighted by atomic mass is 35.5. The molecule has 0 atom stereocenters. The summed E-state index contributed by atoms with van der Waals surface area (Å²) in [6.07, 6.45) is 2.63. The molecule has 10 heteroatoms. The van der Waals surface area contributed by atoms with Crippen molar-refractivity contribution in [2.75, 3.05) is 17.4 Å². The van der Waals surface area contributed by atoms with Gasteiger partial charge >= 0.3 is 0 Å². The molecule has 0 spiro atoms. The molecule has 0 aliphatic carbocycles. The molecule has 0 saturated carbocycles. The van der Waals surface area contributed by atoms with Crippen molar-refractivity contribution >= 4 is 39.4 Å². The predicted octanol–water partition coefficient (Wildman–Crippen LogP) is 3.80. The molecule has 1 N–H and O–H groups in total. The fourth-order valence-electron chi connectivity index (χ4n) is 3.16. The van der Waals surface area contributed by atoms with Gasteiger partial charge in [0.05, 0.1) is 24.7 Å². The normalized spacial score (nSPS) is 12.7. The number of hydrogen-bond acceptors (Lipinski definition) is 6. The van der Waals surface area contributed by atoms with E-state index in [0.717, 1.165) is 17.4 Å². The number of nitrogens with one attached hydrogen (secondary N) is 1. The minimum absolute atomic E-state index is 0.140. The van der Waals surface area contributed by atoms with Crippen LogP contribution in [0.2, 0.25) is 5.02 Å². The molecule has 0 bridgehead atoms. The molecule has 8 nitrogen and oxygen atoms in total. The van der Waals surface area contributed by atoms with Crippen LogP contribution in [0.5, 0.6) is 11.5 Å². The van der Waals surface area contributed by atoms with E-state index in [1.165, 1.54) is 10.5 Å². The Bertz CT molecular complexity index is 1290. The summed E-state index contributed by atoms with van der Waals surface area (Å²) in [7, 11) is -3.55. The number of amides is 1. The number of ether oxygens (including phenoxy) is 2. The van der Waals surface area contributed by atoms with Crippen LogP contribution in [-0.4, -0.2) is 33.6 Å². The fraction of sp³-hybridized carbons (Fsp3) is 0.130. The first-order valence-electron chi connectivity index (χ1n) is 9.85. The first-order chi connectivity index (χ1) is 15.8. The van der Waals surface area contributed by atoms with Crippen molar-refractivity contribution in [3.63, 3.8) is 0 Å². The number of hydrogen-bond donors (Lipinski definition) is 1. The van der Waals surface area contributed by atoms with Gasteiger partial charge in [0.15, 0.2) is 11.5 Å². The summed E-state index contributed by atoms with van der Waals surface area (Å²) in [5.74, 6) is 0.854. The van der Waals surface area contributed by atoms with Gasteiger partial charge in [0.2, 0.25) is 16.8 Å². The number of halogens is 1. The summed E-state index contributed by atoms with van der Waals surface area (Å²) < 4.78 is 36.5. The molecule has 0 saturated heterocycles. The Labute approximate surface area is 196 Å². The van der Waals surface area contributed by atoms with Gasteiger partial charge in [-0.2, -0.15) is 5.10 Å². The van der Waals surface area contributed by atoms with Crippen LogP contribution in [0, 0.1) is 0 Å². The molecular weight excluding hydrogens is 466 g/mol. The van der Waals surface area contributed by atoms with Crippen molar-refractivity contribution in [1.82, 2.24) is 5.43 Å². The van der Waals surface area contributed by atoms with Gasteiger partial charge in [-0.1, -0.05) is 23.7 Å². The van der Waals surface area contributed by atoms with Crippen molar-refractivity contribution in [3.05, 3.63) is 88.4 Å². The molecule has 0 fully saturated rings. The van der Waals surface area contributed by atoms with Crippen molar-refractivity contribution < 1.29 is 22.7 Å². The standard InChI is InChI=1S/C23H20ClN3O5S/c1-33(29,30)27(14-16-2-7-19(24)8-3-16)20-9-5-18(6-10-20)23(28)26-25-13-17-4-11-21-22(12-17)32-15-31-21/h2-13H,14-15H2,1H3,(H,26,28)/b25-13+. The Kier molecular flexibility index (Phi) is 6.52. The minimum atomic E-state index is -3.55. The van der Waals surface area contributed by atoms with E-state index in [-0.39, 0.29) is 13.3 Å². The predicted molar refractivity (Wildman–Crippen MR) is 127 cm³/mol. The molecule has 4 rings (SSSR count). The highest BCUT2D eigenvalue weighted by molar-refractivity contribution is 7.92. The van der Waals surface area contributed by atoms with Crippen LogP contribution < -0.4 is 19.2 Å². The molecule has 1 aliphatic rings. The summed E-state index contributed by atoms with van der Waals surface area (Å²) in [5.41, 5.74) is 4.74.